The van der Waals surface area contributed by atoms with Crippen LogP contribution in [0.25, 0.3) is 28.2 Å². The van der Waals surface area contributed by atoms with Gasteiger partial charge in [0.25, 0.3) is 5.91 Å². The third-order valence-electron chi connectivity index (χ3n) is 5.62. The molecule has 0 aliphatic carbocycles. The van der Waals surface area contributed by atoms with Crippen molar-refractivity contribution in [3.8, 4) is 22.6 Å². The zero-order chi connectivity index (χ0) is 20.7. The molecule has 1 aliphatic rings. The molecule has 0 bridgehead atoms. The number of likely N-dealkylation sites (tertiary alicyclic amines) is 1. The molecule has 30 heavy (non-hydrogen) atoms. The summed E-state index contributed by atoms with van der Waals surface area (Å²) in [5.74, 6) is 1.31. The van der Waals surface area contributed by atoms with E-state index in [1.54, 1.807) is 23.1 Å². The first kappa shape index (κ1) is 18.5. The predicted molar refractivity (Wildman–Crippen MR) is 111 cm³/mol. The number of carbonyl (C=O) groups is 1. The highest BCUT2D eigenvalue weighted by molar-refractivity contribution is 6.01. The van der Waals surface area contributed by atoms with Crippen LogP contribution in [0.2, 0.25) is 0 Å². The Kier molecular flexibility index (Phi) is 4.54. The predicted octanol–water partition coefficient (Wildman–Crippen LogP) is 3.69. The summed E-state index contributed by atoms with van der Waals surface area (Å²) in [6, 6.07) is 5.80. The smallest absolute Gasteiger partial charge is 0.257 e. The Morgan fingerprint density at radius 3 is 2.50 bits per heavy atom. The molecular weight excluding hydrogens is 380 g/mol. The van der Waals surface area contributed by atoms with Gasteiger partial charge < -0.3 is 9.42 Å². The first-order chi connectivity index (χ1) is 14.6. The molecule has 5 heterocycles. The van der Waals surface area contributed by atoms with Gasteiger partial charge in [-0.15, -0.1) is 0 Å². The van der Waals surface area contributed by atoms with Gasteiger partial charge in [-0.3, -0.25) is 4.79 Å². The number of carbonyl (C=O) groups excluding carboxylic acids is 1. The molecule has 1 fully saturated rings. The maximum absolute atomic E-state index is 13.0. The Morgan fingerprint density at radius 1 is 1.03 bits per heavy atom. The minimum Gasteiger partial charge on any atom is -0.361 e. The van der Waals surface area contributed by atoms with Gasteiger partial charge in [-0.25, -0.2) is 14.5 Å². The van der Waals surface area contributed by atoms with Gasteiger partial charge in [-0.2, -0.15) is 5.10 Å². The van der Waals surface area contributed by atoms with E-state index in [1.807, 2.05) is 36.9 Å². The molecule has 4 aromatic rings. The number of amides is 1. The Labute approximate surface area is 173 Å². The second-order valence-electron chi connectivity index (χ2n) is 7.61. The molecule has 0 unspecified atom stereocenters. The van der Waals surface area contributed by atoms with Crippen LogP contribution >= 0.6 is 0 Å². The molecule has 4 aromatic heterocycles. The summed E-state index contributed by atoms with van der Waals surface area (Å²) >= 11 is 0. The lowest BCUT2D eigenvalue weighted by Gasteiger charge is -2.26. The molecule has 0 aromatic carbocycles. The molecule has 8 nitrogen and oxygen atoms in total. The Balaban J connectivity index is 1.51. The summed E-state index contributed by atoms with van der Waals surface area (Å²) < 4.78 is 7.00. The average molecular weight is 402 g/mol. The van der Waals surface area contributed by atoms with E-state index in [2.05, 4.69) is 20.2 Å². The third kappa shape index (κ3) is 3.04. The van der Waals surface area contributed by atoms with Crippen LogP contribution in [0.3, 0.4) is 0 Å². The average Bonchev–Trinajstić information content (AvgIpc) is 3.37. The summed E-state index contributed by atoms with van der Waals surface area (Å²) in [5, 5.41) is 8.47. The van der Waals surface area contributed by atoms with E-state index < -0.39 is 0 Å². The number of fused-ring (bicyclic) bond motifs is 1. The molecule has 0 spiro atoms. The van der Waals surface area contributed by atoms with Gasteiger partial charge in [0, 0.05) is 31.0 Å². The quantitative estimate of drug-likeness (QED) is 0.519. The van der Waals surface area contributed by atoms with Gasteiger partial charge in [-0.1, -0.05) is 11.2 Å². The van der Waals surface area contributed by atoms with Crippen molar-refractivity contribution < 1.29 is 9.32 Å². The van der Waals surface area contributed by atoms with Crippen LogP contribution < -0.4 is 0 Å². The number of rotatable bonds is 3. The second kappa shape index (κ2) is 7.37. The minimum absolute atomic E-state index is 0.0480. The van der Waals surface area contributed by atoms with Crippen molar-refractivity contribution in [1.29, 1.82) is 0 Å². The lowest BCUT2D eigenvalue weighted by molar-refractivity contribution is 0.0726. The Morgan fingerprint density at radius 2 is 1.80 bits per heavy atom. The van der Waals surface area contributed by atoms with E-state index in [-0.39, 0.29) is 5.91 Å². The van der Waals surface area contributed by atoms with Crippen LogP contribution in [0.4, 0.5) is 0 Å². The van der Waals surface area contributed by atoms with Crippen LogP contribution in [0.5, 0.6) is 0 Å². The fourth-order valence-corrected chi connectivity index (χ4v) is 4.05. The normalized spacial score (nSPS) is 14.4. The monoisotopic (exact) mass is 402 g/mol. The third-order valence-corrected chi connectivity index (χ3v) is 5.62. The Bertz CT molecular complexity index is 1200. The lowest BCUT2D eigenvalue weighted by Crippen LogP contribution is -2.35. The first-order valence-electron chi connectivity index (χ1n) is 10.1. The van der Waals surface area contributed by atoms with Gasteiger partial charge in [0.1, 0.15) is 5.76 Å². The van der Waals surface area contributed by atoms with Crippen molar-refractivity contribution in [3.05, 3.63) is 53.8 Å². The molecule has 0 atom stereocenters. The summed E-state index contributed by atoms with van der Waals surface area (Å²) in [5.41, 5.74) is 4.64. The van der Waals surface area contributed by atoms with Crippen molar-refractivity contribution in [2.24, 2.45) is 0 Å². The molecule has 1 amide bonds. The van der Waals surface area contributed by atoms with Crippen molar-refractivity contribution in [2.45, 2.75) is 33.1 Å². The summed E-state index contributed by atoms with van der Waals surface area (Å²) in [6.07, 6.45) is 8.49. The Hall–Kier alpha value is -3.55. The zero-order valence-electron chi connectivity index (χ0n) is 17.0. The molecule has 0 saturated carbocycles. The zero-order valence-corrected chi connectivity index (χ0v) is 17.0. The SMILES string of the molecule is Cc1noc(C)c1-c1ncc(-c2cccc3c(C(=O)N4CCCCC4)cnn23)cn1. The molecule has 0 N–H and O–H groups in total. The molecule has 0 radical (unpaired) electrons. The van der Waals surface area contributed by atoms with Crippen LogP contribution in [-0.4, -0.2) is 48.6 Å². The maximum atomic E-state index is 13.0. The highest BCUT2D eigenvalue weighted by Crippen LogP contribution is 2.26. The van der Waals surface area contributed by atoms with Gasteiger partial charge in [-0.05, 0) is 45.2 Å². The second-order valence-corrected chi connectivity index (χ2v) is 7.61. The minimum atomic E-state index is 0.0480. The fraction of sp³-hybridized carbons (Fsp3) is 0.318. The highest BCUT2D eigenvalue weighted by Gasteiger charge is 2.22. The van der Waals surface area contributed by atoms with Crippen LogP contribution in [0.1, 0.15) is 41.1 Å². The molecule has 1 aliphatic heterocycles. The standard InChI is InChI=1S/C22H22N6O2/c1-14-20(15(2)30-26-14)21-23-11-16(12-24-21)18-7-6-8-19-17(13-25-28(18)19)22(29)27-9-4-3-5-10-27/h6-8,11-13H,3-5,9-10H2,1-2H3. The molecule has 5 rings (SSSR count). The topological polar surface area (TPSA) is 89.4 Å². The summed E-state index contributed by atoms with van der Waals surface area (Å²) in [7, 11) is 0. The first-order valence-corrected chi connectivity index (χ1v) is 10.1. The number of nitrogens with zero attached hydrogens (tertiary/aromatic N) is 6. The van der Waals surface area contributed by atoms with E-state index in [0.29, 0.717) is 17.1 Å². The fourth-order valence-electron chi connectivity index (χ4n) is 4.05. The number of hydrogen-bond acceptors (Lipinski definition) is 6. The number of hydrogen-bond donors (Lipinski definition) is 0. The molecule has 152 valence electrons. The van der Waals surface area contributed by atoms with Crippen molar-refractivity contribution in [1.82, 2.24) is 29.6 Å². The number of aromatic nitrogens is 5. The largest absolute Gasteiger partial charge is 0.361 e. The highest BCUT2D eigenvalue weighted by atomic mass is 16.5. The number of aryl methyl sites for hydroxylation is 2. The van der Waals surface area contributed by atoms with E-state index in [1.165, 1.54) is 6.42 Å². The molecule has 8 heteroatoms. The van der Waals surface area contributed by atoms with Gasteiger partial charge in [0.15, 0.2) is 5.82 Å². The van der Waals surface area contributed by atoms with Crippen LogP contribution in [-0.2, 0) is 0 Å². The van der Waals surface area contributed by atoms with Gasteiger partial charge in [0.05, 0.1) is 34.2 Å². The van der Waals surface area contributed by atoms with Crippen molar-refractivity contribution in [3.63, 3.8) is 0 Å². The summed E-state index contributed by atoms with van der Waals surface area (Å²) in [4.78, 5) is 23.9. The van der Waals surface area contributed by atoms with E-state index in [4.69, 9.17) is 4.52 Å². The van der Waals surface area contributed by atoms with Crippen molar-refractivity contribution >= 4 is 11.4 Å². The summed E-state index contributed by atoms with van der Waals surface area (Å²) in [6.45, 7) is 5.34. The van der Waals surface area contributed by atoms with Crippen LogP contribution in [0.15, 0.2) is 41.3 Å². The van der Waals surface area contributed by atoms with E-state index in [0.717, 1.165) is 54.0 Å². The van der Waals surface area contributed by atoms with Crippen molar-refractivity contribution in [2.75, 3.05) is 13.1 Å². The lowest BCUT2D eigenvalue weighted by atomic mass is 10.1. The van der Waals surface area contributed by atoms with Gasteiger partial charge in [0.2, 0.25) is 0 Å². The molecule has 1 saturated heterocycles. The van der Waals surface area contributed by atoms with Gasteiger partial charge >= 0.3 is 0 Å². The maximum Gasteiger partial charge on any atom is 0.257 e. The van der Waals surface area contributed by atoms with E-state index >= 15 is 0 Å². The van der Waals surface area contributed by atoms with E-state index in [9.17, 15) is 4.79 Å². The number of pyridine rings is 1. The molecular formula is C22H22N6O2. The number of piperidine rings is 1. The van der Waals surface area contributed by atoms with Crippen LogP contribution in [0, 0.1) is 13.8 Å².